The Kier molecular flexibility index (Phi) is 6.93. The normalized spacial score (nSPS) is 12.1. The second kappa shape index (κ2) is 10.0. The van der Waals surface area contributed by atoms with Crippen LogP contribution in [0.2, 0.25) is 0 Å². The van der Waals surface area contributed by atoms with Gasteiger partial charge in [-0.15, -0.1) is 11.3 Å². The molecule has 0 unspecified atom stereocenters. The summed E-state index contributed by atoms with van der Waals surface area (Å²) in [5.41, 5.74) is 4.80. The van der Waals surface area contributed by atoms with Crippen molar-refractivity contribution in [3.63, 3.8) is 0 Å². The van der Waals surface area contributed by atoms with Crippen LogP contribution in [0.4, 0.5) is 4.79 Å². The molecule has 0 fully saturated rings. The number of nitrogens with one attached hydrogen (secondary N) is 1. The third-order valence-corrected chi connectivity index (χ3v) is 6.74. The zero-order valence-corrected chi connectivity index (χ0v) is 19.7. The summed E-state index contributed by atoms with van der Waals surface area (Å²) in [5, 5.41) is 12.2. The van der Waals surface area contributed by atoms with Crippen molar-refractivity contribution in [3.05, 3.63) is 75.2 Å². The summed E-state index contributed by atoms with van der Waals surface area (Å²) in [5.74, 6) is -1.55. The van der Waals surface area contributed by atoms with Gasteiger partial charge >= 0.3 is 12.1 Å². The van der Waals surface area contributed by atoms with Gasteiger partial charge in [-0.2, -0.15) is 0 Å². The molecular formula is C25H25N3O5S. The fraction of sp³-hybridized carbons (Fsp3) is 0.280. The van der Waals surface area contributed by atoms with Gasteiger partial charge in [-0.25, -0.2) is 9.78 Å². The lowest BCUT2D eigenvalue weighted by atomic mass is 9.98. The number of ether oxygens (including phenoxy) is 1. The molecule has 0 aliphatic heterocycles. The van der Waals surface area contributed by atoms with Crippen molar-refractivity contribution >= 4 is 29.3 Å². The molecule has 1 aromatic heterocycles. The number of benzene rings is 2. The lowest BCUT2D eigenvalue weighted by Gasteiger charge is -2.17. The van der Waals surface area contributed by atoms with E-state index < -0.39 is 18.0 Å². The maximum absolute atomic E-state index is 12.6. The number of aryl methyl sites for hydroxylation is 1. The lowest BCUT2D eigenvalue weighted by Crippen LogP contribution is -2.36. The van der Waals surface area contributed by atoms with Gasteiger partial charge in [0, 0.05) is 17.3 Å². The molecule has 0 radical (unpaired) electrons. The maximum Gasteiger partial charge on any atom is 0.407 e. The van der Waals surface area contributed by atoms with Crippen molar-refractivity contribution in [1.29, 1.82) is 0 Å². The molecule has 1 aliphatic carbocycles. The number of carbonyl (C=O) groups excluding carboxylic acids is 2. The van der Waals surface area contributed by atoms with Gasteiger partial charge < -0.3 is 20.1 Å². The quantitative estimate of drug-likeness (QED) is 0.505. The maximum atomic E-state index is 12.6. The molecule has 4 rings (SSSR count). The van der Waals surface area contributed by atoms with Crippen LogP contribution in [0.1, 0.15) is 44.3 Å². The summed E-state index contributed by atoms with van der Waals surface area (Å²) >= 11 is 1.28. The van der Waals surface area contributed by atoms with E-state index in [1.54, 1.807) is 13.8 Å². The van der Waals surface area contributed by atoms with Crippen LogP contribution in [-0.4, -0.2) is 52.7 Å². The molecule has 176 valence electrons. The van der Waals surface area contributed by atoms with Crippen LogP contribution in [0, 0.1) is 6.92 Å². The second-order valence-electron chi connectivity index (χ2n) is 7.90. The summed E-state index contributed by atoms with van der Waals surface area (Å²) in [7, 11) is 0. The zero-order chi connectivity index (χ0) is 24.2. The van der Waals surface area contributed by atoms with Gasteiger partial charge in [0.05, 0.1) is 6.54 Å². The fourth-order valence-corrected chi connectivity index (χ4v) is 5.03. The van der Waals surface area contributed by atoms with Crippen molar-refractivity contribution in [2.45, 2.75) is 26.3 Å². The number of hydrogen-bond acceptors (Lipinski definition) is 6. The number of carboxylic acid groups (broad SMARTS) is 1. The largest absolute Gasteiger partial charge is 0.480 e. The number of aromatic nitrogens is 1. The number of alkyl carbamates (subject to hydrolysis) is 1. The van der Waals surface area contributed by atoms with Crippen LogP contribution in [0.3, 0.4) is 0 Å². The molecule has 0 atom stereocenters. The Bertz CT molecular complexity index is 1190. The van der Waals surface area contributed by atoms with Gasteiger partial charge in [0.25, 0.3) is 5.91 Å². The highest BCUT2D eigenvalue weighted by Gasteiger charge is 2.29. The summed E-state index contributed by atoms with van der Waals surface area (Å²) in [6.45, 7) is 3.65. The molecule has 1 heterocycles. The number of nitrogens with zero attached hydrogens (tertiary/aromatic N) is 2. The van der Waals surface area contributed by atoms with Gasteiger partial charge in [-0.05, 0) is 36.1 Å². The Morgan fingerprint density at radius 3 is 2.29 bits per heavy atom. The molecular weight excluding hydrogens is 454 g/mol. The predicted molar refractivity (Wildman–Crippen MR) is 128 cm³/mol. The van der Waals surface area contributed by atoms with Crippen LogP contribution in [0.15, 0.2) is 48.5 Å². The average molecular weight is 480 g/mol. The molecule has 3 aromatic rings. The first kappa shape index (κ1) is 23.4. The number of hydrogen-bond donors (Lipinski definition) is 2. The third-order valence-electron chi connectivity index (χ3n) is 5.77. The van der Waals surface area contributed by atoms with Gasteiger partial charge in [0.1, 0.15) is 23.9 Å². The zero-order valence-electron chi connectivity index (χ0n) is 18.9. The van der Waals surface area contributed by atoms with Crippen LogP contribution in [0.25, 0.3) is 11.1 Å². The minimum absolute atomic E-state index is 0.0289. The number of aliphatic carboxylic acids is 1. The highest BCUT2D eigenvalue weighted by molar-refractivity contribution is 7.11. The lowest BCUT2D eigenvalue weighted by molar-refractivity contribution is -0.137. The summed E-state index contributed by atoms with van der Waals surface area (Å²) < 4.78 is 5.53. The molecule has 0 spiro atoms. The number of amides is 2. The molecule has 2 aromatic carbocycles. The van der Waals surface area contributed by atoms with Gasteiger partial charge in [0.2, 0.25) is 0 Å². The minimum Gasteiger partial charge on any atom is -0.480 e. The summed E-state index contributed by atoms with van der Waals surface area (Å²) in [6.07, 6.45) is -0.566. The monoisotopic (exact) mass is 479 g/mol. The first-order chi connectivity index (χ1) is 16.4. The Hall–Kier alpha value is -3.72. The Morgan fingerprint density at radius 1 is 1.09 bits per heavy atom. The van der Waals surface area contributed by atoms with Crippen LogP contribution in [-0.2, 0) is 16.1 Å². The Labute approximate surface area is 201 Å². The Balaban J connectivity index is 1.36. The highest BCUT2D eigenvalue weighted by atomic mass is 32.1. The molecule has 2 amide bonds. The van der Waals surface area contributed by atoms with E-state index in [0.29, 0.717) is 9.88 Å². The standard InChI is InChI=1S/C25H25N3O5S/c1-3-28(13-22(29)30)24(31)23-15(2)34-21(27-23)12-26-25(32)33-14-20-18-10-6-4-8-16(18)17-9-5-7-11-19(17)20/h4-11,20H,3,12-14H2,1-2H3,(H,26,32)(H,29,30). The fourth-order valence-electron chi connectivity index (χ4n) is 4.16. The molecule has 1 aliphatic rings. The number of fused-ring (bicyclic) bond motifs is 3. The first-order valence-electron chi connectivity index (χ1n) is 10.9. The topological polar surface area (TPSA) is 109 Å². The van der Waals surface area contributed by atoms with E-state index >= 15 is 0 Å². The highest BCUT2D eigenvalue weighted by Crippen LogP contribution is 2.44. The third kappa shape index (κ3) is 4.79. The Morgan fingerprint density at radius 2 is 1.71 bits per heavy atom. The smallest absolute Gasteiger partial charge is 0.407 e. The number of thiazole rings is 1. The van der Waals surface area contributed by atoms with Crippen molar-refractivity contribution in [3.8, 4) is 11.1 Å². The van der Waals surface area contributed by atoms with Crippen LogP contribution >= 0.6 is 11.3 Å². The predicted octanol–water partition coefficient (Wildman–Crippen LogP) is 4.04. The molecule has 0 saturated heterocycles. The molecule has 0 saturated carbocycles. The number of carboxylic acids is 1. The van der Waals surface area contributed by atoms with Gasteiger partial charge in [-0.1, -0.05) is 48.5 Å². The summed E-state index contributed by atoms with van der Waals surface area (Å²) in [4.78, 5) is 42.2. The van der Waals surface area contributed by atoms with Crippen molar-refractivity contribution in [2.24, 2.45) is 0 Å². The first-order valence-corrected chi connectivity index (χ1v) is 11.8. The van der Waals surface area contributed by atoms with Gasteiger partial charge in [0.15, 0.2) is 0 Å². The number of carbonyl (C=O) groups is 3. The van der Waals surface area contributed by atoms with E-state index in [0.717, 1.165) is 22.3 Å². The molecule has 8 nitrogen and oxygen atoms in total. The van der Waals surface area contributed by atoms with E-state index in [-0.39, 0.29) is 37.9 Å². The van der Waals surface area contributed by atoms with Crippen molar-refractivity contribution in [1.82, 2.24) is 15.2 Å². The number of likely N-dealkylation sites (N-methyl/N-ethyl adjacent to an activating group) is 1. The van der Waals surface area contributed by atoms with E-state index in [9.17, 15) is 14.4 Å². The van der Waals surface area contributed by atoms with E-state index in [1.165, 1.54) is 16.2 Å². The van der Waals surface area contributed by atoms with Gasteiger partial charge in [-0.3, -0.25) is 9.59 Å². The summed E-state index contributed by atoms with van der Waals surface area (Å²) in [6, 6.07) is 16.2. The van der Waals surface area contributed by atoms with E-state index in [1.807, 2.05) is 24.3 Å². The second-order valence-corrected chi connectivity index (χ2v) is 9.19. The van der Waals surface area contributed by atoms with E-state index in [4.69, 9.17) is 9.84 Å². The molecule has 0 bridgehead atoms. The molecule has 34 heavy (non-hydrogen) atoms. The van der Waals surface area contributed by atoms with Crippen molar-refractivity contribution in [2.75, 3.05) is 19.7 Å². The number of rotatable bonds is 8. The van der Waals surface area contributed by atoms with E-state index in [2.05, 4.69) is 34.6 Å². The molecule has 9 heteroatoms. The minimum atomic E-state index is -1.08. The molecule has 2 N–H and O–H groups in total. The van der Waals surface area contributed by atoms with Crippen molar-refractivity contribution < 1.29 is 24.2 Å². The van der Waals surface area contributed by atoms with Crippen LogP contribution in [0.5, 0.6) is 0 Å². The SMILES string of the molecule is CCN(CC(=O)O)C(=O)c1nc(CNC(=O)OCC2c3ccccc3-c3ccccc32)sc1C. The van der Waals surface area contributed by atoms with Crippen LogP contribution < -0.4 is 5.32 Å². The average Bonchev–Trinajstić information content (AvgIpc) is 3.37.